The van der Waals surface area contributed by atoms with Crippen LogP contribution >= 0.6 is 35.0 Å². The maximum atomic E-state index is 12.4. The summed E-state index contributed by atoms with van der Waals surface area (Å²) in [5, 5.41) is 0.734. The summed E-state index contributed by atoms with van der Waals surface area (Å²) in [6, 6.07) is 13.0. The van der Waals surface area contributed by atoms with Crippen molar-refractivity contribution >= 4 is 46.6 Å². The quantitative estimate of drug-likeness (QED) is 0.812. The summed E-state index contributed by atoms with van der Waals surface area (Å²) in [4.78, 5) is 15.3. The van der Waals surface area contributed by atoms with Gasteiger partial charge in [-0.25, -0.2) is 0 Å². The fourth-order valence-electron chi connectivity index (χ4n) is 2.24. The zero-order chi connectivity index (χ0) is 15.5. The van der Waals surface area contributed by atoms with Crippen molar-refractivity contribution in [2.24, 2.45) is 0 Å². The molecule has 2 aromatic rings. The summed E-state index contributed by atoms with van der Waals surface area (Å²) in [7, 11) is 0. The molecule has 0 atom stereocenters. The van der Waals surface area contributed by atoms with Crippen LogP contribution in [0.2, 0.25) is 10.0 Å². The SMILES string of the molecule is O=C(COc1cccc(Cl)c1Cl)N1CCSc2ccccc21. The Morgan fingerprint density at radius 2 is 2.00 bits per heavy atom. The summed E-state index contributed by atoms with van der Waals surface area (Å²) < 4.78 is 5.53. The Kier molecular flexibility index (Phi) is 4.81. The predicted molar refractivity (Wildman–Crippen MR) is 91.5 cm³/mol. The molecule has 0 saturated heterocycles. The van der Waals surface area contributed by atoms with Crippen molar-refractivity contribution in [2.45, 2.75) is 4.90 Å². The molecule has 0 bridgehead atoms. The number of carbonyl (C=O) groups is 1. The van der Waals surface area contributed by atoms with Crippen LogP contribution < -0.4 is 9.64 Å². The van der Waals surface area contributed by atoms with E-state index in [0.717, 1.165) is 16.3 Å². The average Bonchev–Trinajstić information content (AvgIpc) is 2.55. The fourth-order valence-corrected chi connectivity index (χ4v) is 3.58. The number of nitrogens with zero attached hydrogens (tertiary/aromatic N) is 1. The highest BCUT2D eigenvalue weighted by Crippen LogP contribution is 2.35. The number of fused-ring (bicyclic) bond motifs is 1. The van der Waals surface area contributed by atoms with Crippen molar-refractivity contribution in [1.29, 1.82) is 0 Å². The molecule has 1 amide bonds. The normalized spacial score (nSPS) is 13.6. The van der Waals surface area contributed by atoms with Crippen molar-refractivity contribution in [3.05, 3.63) is 52.5 Å². The van der Waals surface area contributed by atoms with Crippen LogP contribution in [-0.2, 0) is 4.79 Å². The van der Waals surface area contributed by atoms with Gasteiger partial charge in [-0.3, -0.25) is 4.79 Å². The number of para-hydroxylation sites is 1. The third-order valence-corrected chi connectivity index (χ3v) is 5.14. The van der Waals surface area contributed by atoms with Gasteiger partial charge in [0, 0.05) is 17.2 Å². The van der Waals surface area contributed by atoms with Gasteiger partial charge in [-0.1, -0.05) is 41.4 Å². The lowest BCUT2D eigenvalue weighted by molar-refractivity contribution is -0.120. The molecule has 1 aliphatic heterocycles. The molecule has 22 heavy (non-hydrogen) atoms. The number of hydrogen-bond donors (Lipinski definition) is 0. The number of carbonyl (C=O) groups excluding carboxylic acids is 1. The van der Waals surface area contributed by atoms with Crippen molar-refractivity contribution in [1.82, 2.24) is 0 Å². The number of amides is 1. The molecule has 0 aliphatic carbocycles. The third kappa shape index (κ3) is 3.19. The molecule has 114 valence electrons. The van der Waals surface area contributed by atoms with Crippen LogP contribution in [0.1, 0.15) is 0 Å². The van der Waals surface area contributed by atoms with Crippen LogP contribution in [0.25, 0.3) is 0 Å². The Hall–Kier alpha value is -1.36. The van der Waals surface area contributed by atoms with E-state index in [-0.39, 0.29) is 12.5 Å². The Morgan fingerprint density at radius 3 is 2.86 bits per heavy atom. The molecule has 0 radical (unpaired) electrons. The maximum absolute atomic E-state index is 12.4. The third-order valence-electron chi connectivity index (χ3n) is 3.30. The number of ether oxygens (including phenoxy) is 1. The smallest absolute Gasteiger partial charge is 0.264 e. The molecule has 2 aromatic carbocycles. The summed E-state index contributed by atoms with van der Waals surface area (Å²) in [5.41, 5.74) is 0.935. The van der Waals surface area contributed by atoms with Gasteiger partial charge >= 0.3 is 0 Å². The number of halogens is 2. The second kappa shape index (κ2) is 6.82. The Balaban J connectivity index is 1.72. The highest BCUT2D eigenvalue weighted by Gasteiger charge is 2.23. The number of hydrogen-bond acceptors (Lipinski definition) is 3. The minimum absolute atomic E-state index is 0.0704. The molecule has 1 heterocycles. The van der Waals surface area contributed by atoms with Crippen LogP contribution in [0.15, 0.2) is 47.4 Å². The minimum atomic E-state index is -0.0937. The van der Waals surface area contributed by atoms with Crippen LogP contribution in [0.5, 0.6) is 5.75 Å². The van der Waals surface area contributed by atoms with Crippen molar-refractivity contribution in [3.63, 3.8) is 0 Å². The predicted octanol–water partition coefficient (Wildman–Crippen LogP) is 4.51. The zero-order valence-electron chi connectivity index (χ0n) is 11.6. The van der Waals surface area contributed by atoms with Gasteiger partial charge in [-0.15, -0.1) is 11.8 Å². The topological polar surface area (TPSA) is 29.5 Å². The molecule has 1 aliphatic rings. The lowest BCUT2D eigenvalue weighted by Crippen LogP contribution is -2.38. The summed E-state index contributed by atoms with van der Waals surface area (Å²) in [6.45, 7) is 0.603. The monoisotopic (exact) mass is 353 g/mol. The van der Waals surface area contributed by atoms with Crippen molar-refractivity contribution in [3.8, 4) is 5.75 Å². The number of anilines is 1. The fraction of sp³-hybridized carbons (Fsp3) is 0.188. The van der Waals surface area contributed by atoms with Gasteiger partial charge < -0.3 is 9.64 Å². The summed E-state index contributed by atoms with van der Waals surface area (Å²) >= 11 is 13.7. The first-order valence-electron chi connectivity index (χ1n) is 6.76. The molecule has 6 heteroatoms. The van der Waals surface area contributed by atoms with E-state index < -0.39 is 0 Å². The van der Waals surface area contributed by atoms with Crippen molar-refractivity contribution < 1.29 is 9.53 Å². The van der Waals surface area contributed by atoms with Crippen LogP contribution in [0.4, 0.5) is 5.69 Å². The van der Waals surface area contributed by atoms with E-state index in [2.05, 4.69) is 0 Å². The molecule has 0 N–H and O–H groups in total. The molecule has 3 rings (SSSR count). The van der Waals surface area contributed by atoms with E-state index in [9.17, 15) is 4.79 Å². The molecular weight excluding hydrogens is 341 g/mol. The van der Waals surface area contributed by atoms with Gasteiger partial charge in [0.05, 0.1) is 10.7 Å². The standard InChI is InChI=1S/C16H13Cl2NO2S/c17-11-4-3-6-13(16(11)18)21-10-15(20)19-8-9-22-14-7-2-1-5-12(14)19/h1-7H,8-10H2. The number of rotatable bonds is 3. The first-order chi connectivity index (χ1) is 10.7. The minimum Gasteiger partial charge on any atom is -0.482 e. The molecule has 0 unspecified atom stereocenters. The van der Waals surface area contributed by atoms with Crippen LogP contribution in [0.3, 0.4) is 0 Å². The van der Waals surface area contributed by atoms with E-state index >= 15 is 0 Å². The Morgan fingerprint density at radius 1 is 1.18 bits per heavy atom. The highest BCUT2D eigenvalue weighted by molar-refractivity contribution is 7.99. The molecular formula is C16H13Cl2NO2S. The van der Waals surface area contributed by atoms with Crippen LogP contribution in [0, 0.1) is 0 Å². The molecule has 0 fully saturated rings. The molecule has 0 spiro atoms. The van der Waals surface area contributed by atoms with Crippen LogP contribution in [-0.4, -0.2) is 24.8 Å². The second-order valence-electron chi connectivity index (χ2n) is 4.70. The molecule has 0 saturated carbocycles. The van der Waals surface area contributed by atoms with Gasteiger partial charge in [0.2, 0.25) is 0 Å². The number of benzene rings is 2. The number of thioether (sulfide) groups is 1. The van der Waals surface area contributed by atoms with Gasteiger partial charge in [-0.2, -0.15) is 0 Å². The Labute approximate surface area is 143 Å². The highest BCUT2D eigenvalue weighted by atomic mass is 35.5. The first kappa shape index (κ1) is 15.5. The second-order valence-corrected chi connectivity index (χ2v) is 6.62. The van der Waals surface area contributed by atoms with Gasteiger partial charge in [0.1, 0.15) is 10.8 Å². The van der Waals surface area contributed by atoms with Crippen molar-refractivity contribution in [2.75, 3.05) is 23.8 Å². The lowest BCUT2D eigenvalue weighted by atomic mass is 10.2. The summed E-state index contributed by atoms with van der Waals surface area (Å²) in [5.74, 6) is 1.20. The van der Waals surface area contributed by atoms with E-state index in [1.54, 1.807) is 34.9 Å². The Bertz CT molecular complexity index is 708. The zero-order valence-corrected chi connectivity index (χ0v) is 13.9. The largest absolute Gasteiger partial charge is 0.482 e. The van der Waals surface area contributed by atoms with E-state index in [0.29, 0.717) is 22.3 Å². The summed E-state index contributed by atoms with van der Waals surface area (Å²) in [6.07, 6.45) is 0. The first-order valence-corrected chi connectivity index (χ1v) is 8.50. The van der Waals surface area contributed by atoms with Gasteiger partial charge in [-0.05, 0) is 24.3 Å². The van der Waals surface area contributed by atoms with E-state index in [1.165, 1.54) is 0 Å². The van der Waals surface area contributed by atoms with E-state index in [1.807, 2.05) is 24.3 Å². The maximum Gasteiger partial charge on any atom is 0.264 e. The average molecular weight is 354 g/mol. The lowest BCUT2D eigenvalue weighted by Gasteiger charge is -2.28. The van der Waals surface area contributed by atoms with Gasteiger partial charge in [0.25, 0.3) is 5.91 Å². The molecule has 3 nitrogen and oxygen atoms in total. The van der Waals surface area contributed by atoms with Gasteiger partial charge in [0.15, 0.2) is 6.61 Å². The molecule has 0 aromatic heterocycles. The van der Waals surface area contributed by atoms with E-state index in [4.69, 9.17) is 27.9 Å².